The zero-order chi connectivity index (χ0) is 13.1. The van der Waals surface area contributed by atoms with Crippen molar-refractivity contribution in [3.8, 4) is 0 Å². The van der Waals surface area contributed by atoms with E-state index in [0.29, 0.717) is 0 Å². The summed E-state index contributed by atoms with van der Waals surface area (Å²) in [6, 6.07) is 6.23. The minimum Gasteiger partial charge on any atom is -0.361 e. The Hall–Kier alpha value is -1.49. The largest absolute Gasteiger partial charge is 0.361 e. The normalized spacial score (nSPS) is 15.1. The second-order valence-corrected chi connectivity index (χ2v) is 5.52. The third kappa shape index (κ3) is 2.76. The first-order valence-corrected chi connectivity index (χ1v) is 7.40. The summed E-state index contributed by atoms with van der Waals surface area (Å²) >= 11 is 3.62. The van der Waals surface area contributed by atoms with Gasteiger partial charge in [-0.15, -0.1) is 0 Å². The first-order chi connectivity index (χ1) is 9.34. The van der Waals surface area contributed by atoms with Crippen LogP contribution in [0.25, 0.3) is 10.9 Å². The van der Waals surface area contributed by atoms with Gasteiger partial charge in [-0.2, -0.15) is 0 Å². The molecule has 19 heavy (non-hydrogen) atoms. The zero-order valence-electron chi connectivity index (χ0n) is 10.7. The van der Waals surface area contributed by atoms with Crippen LogP contribution >= 0.6 is 15.9 Å². The van der Waals surface area contributed by atoms with Gasteiger partial charge < -0.3 is 15.6 Å². The molecule has 1 aromatic carbocycles. The van der Waals surface area contributed by atoms with Crippen LogP contribution in [0.5, 0.6) is 0 Å². The van der Waals surface area contributed by atoms with Crippen LogP contribution in [-0.4, -0.2) is 30.6 Å². The van der Waals surface area contributed by atoms with E-state index >= 15 is 0 Å². The van der Waals surface area contributed by atoms with Crippen LogP contribution in [0.4, 0.5) is 0 Å². The molecule has 0 fully saturated rings. The van der Waals surface area contributed by atoms with Crippen molar-refractivity contribution in [2.45, 2.75) is 12.8 Å². The summed E-state index contributed by atoms with van der Waals surface area (Å²) in [7, 11) is 0. The fourth-order valence-electron chi connectivity index (χ4n) is 2.37. The molecule has 0 saturated carbocycles. The molecule has 2 aromatic rings. The predicted octanol–water partition coefficient (Wildman–Crippen LogP) is 2.41. The molecule has 0 atom stereocenters. The van der Waals surface area contributed by atoms with Gasteiger partial charge >= 0.3 is 0 Å². The van der Waals surface area contributed by atoms with Crippen LogP contribution < -0.4 is 10.6 Å². The number of halogens is 1. The van der Waals surface area contributed by atoms with Gasteiger partial charge in [0, 0.05) is 41.2 Å². The van der Waals surface area contributed by atoms with E-state index in [1.807, 2.05) is 6.07 Å². The van der Waals surface area contributed by atoms with Gasteiger partial charge in [0.2, 0.25) is 0 Å². The number of hydrogen-bond donors (Lipinski definition) is 3. The number of H-pyrrole nitrogens is 1. The van der Waals surface area contributed by atoms with Crippen LogP contribution in [0.15, 0.2) is 33.9 Å². The van der Waals surface area contributed by atoms with E-state index in [1.54, 1.807) is 0 Å². The lowest BCUT2D eigenvalue weighted by atomic mass is 10.1. The van der Waals surface area contributed by atoms with Crippen LogP contribution in [0.1, 0.15) is 12.0 Å². The van der Waals surface area contributed by atoms with Crippen molar-refractivity contribution in [2.24, 2.45) is 4.99 Å². The summed E-state index contributed by atoms with van der Waals surface area (Å²) in [5, 5.41) is 7.90. The van der Waals surface area contributed by atoms with Crippen molar-refractivity contribution in [2.75, 3.05) is 19.6 Å². The third-order valence-electron chi connectivity index (χ3n) is 3.32. The van der Waals surface area contributed by atoms with Crippen LogP contribution in [-0.2, 0) is 6.42 Å². The van der Waals surface area contributed by atoms with E-state index in [0.717, 1.165) is 42.9 Å². The summed E-state index contributed by atoms with van der Waals surface area (Å²) in [5.74, 6) is 0.935. The number of fused-ring (bicyclic) bond motifs is 1. The molecule has 0 bridgehead atoms. The summed E-state index contributed by atoms with van der Waals surface area (Å²) in [5.41, 5.74) is 2.50. The fraction of sp³-hybridized carbons (Fsp3) is 0.357. The topological polar surface area (TPSA) is 52.2 Å². The SMILES string of the molecule is Brc1cccc2[nH]cc(CCNC3=NCCCN3)c12. The number of aromatic nitrogens is 1. The van der Waals surface area contributed by atoms with Gasteiger partial charge in [-0.1, -0.05) is 22.0 Å². The van der Waals surface area contributed by atoms with E-state index < -0.39 is 0 Å². The Balaban J connectivity index is 1.67. The van der Waals surface area contributed by atoms with Crippen molar-refractivity contribution in [3.63, 3.8) is 0 Å². The molecule has 0 unspecified atom stereocenters. The Labute approximate surface area is 120 Å². The third-order valence-corrected chi connectivity index (χ3v) is 3.98. The van der Waals surface area contributed by atoms with Crippen molar-refractivity contribution in [3.05, 3.63) is 34.4 Å². The monoisotopic (exact) mass is 320 g/mol. The molecule has 100 valence electrons. The quantitative estimate of drug-likeness (QED) is 0.813. The van der Waals surface area contributed by atoms with E-state index in [1.165, 1.54) is 16.5 Å². The molecule has 4 nitrogen and oxygen atoms in total. The number of aliphatic imine (C=N–C) groups is 1. The smallest absolute Gasteiger partial charge is 0.191 e. The van der Waals surface area contributed by atoms with Crippen molar-refractivity contribution >= 4 is 32.8 Å². The number of hydrogen-bond acceptors (Lipinski definition) is 3. The van der Waals surface area contributed by atoms with Crippen molar-refractivity contribution < 1.29 is 0 Å². The lowest BCUT2D eigenvalue weighted by Crippen LogP contribution is -2.41. The highest BCUT2D eigenvalue weighted by molar-refractivity contribution is 9.10. The molecule has 3 rings (SSSR count). The highest BCUT2D eigenvalue weighted by atomic mass is 79.9. The highest BCUT2D eigenvalue weighted by Crippen LogP contribution is 2.26. The number of nitrogens with zero attached hydrogens (tertiary/aromatic N) is 1. The summed E-state index contributed by atoms with van der Waals surface area (Å²) in [6.07, 6.45) is 4.19. The van der Waals surface area contributed by atoms with Gasteiger partial charge in [0.25, 0.3) is 0 Å². The number of guanidine groups is 1. The molecule has 0 aliphatic carbocycles. The molecular weight excluding hydrogens is 304 g/mol. The average molecular weight is 321 g/mol. The Bertz CT molecular complexity index is 603. The van der Waals surface area contributed by atoms with Crippen LogP contribution in [0.2, 0.25) is 0 Å². The lowest BCUT2D eigenvalue weighted by Gasteiger charge is -2.15. The zero-order valence-corrected chi connectivity index (χ0v) is 12.3. The summed E-state index contributed by atoms with van der Waals surface area (Å²) < 4.78 is 1.15. The molecular formula is C14H17BrN4. The standard InChI is InChI=1S/C14H17BrN4/c15-11-3-1-4-12-13(11)10(9-19-12)5-8-18-14-16-6-2-7-17-14/h1,3-4,9,19H,2,5-8H2,(H2,16,17,18). The predicted molar refractivity (Wildman–Crippen MR) is 82.6 cm³/mol. The first-order valence-electron chi connectivity index (χ1n) is 6.61. The summed E-state index contributed by atoms with van der Waals surface area (Å²) in [6.45, 7) is 2.83. The number of nitrogens with one attached hydrogen (secondary N) is 3. The minimum absolute atomic E-state index is 0.889. The lowest BCUT2D eigenvalue weighted by molar-refractivity contribution is 0.700. The highest BCUT2D eigenvalue weighted by Gasteiger charge is 2.07. The molecule has 0 spiro atoms. The molecule has 0 radical (unpaired) electrons. The number of benzene rings is 1. The minimum atomic E-state index is 0.889. The van der Waals surface area contributed by atoms with E-state index in [-0.39, 0.29) is 0 Å². The van der Waals surface area contributed by atoms with Gasteiger partial charge in [-0.25, -0.2) is 0 Å². The van der Waals surface area contributed by atoms with Gasteiger partial charge in [-0.05, 0) is 30.5 Å². The number of rotatable bonds is 3. The number of aromatic amines is 1. The van der Waals surface area contributed by atoms with Crippen molar-refractivity contribution in [1.82, 2.24) is 15.6 Å². The Morgan fingerprint density at radius 1 is 1.37 bits per heavy atom. The first kappa shape index (κ1) is 12.5. The molecule has 1 aromatic heterocycles. The maximum Gasteiger partial charge on any atom is 0.191 e. The second-order valence-electron chi connectivity index (χ2n) is 4.66. The summed E-state index contributed by atoms with van der Waals surface area (Å²) in [4.78, 5) is 7.72. The maximum absolute atomic E-state index is 4.41. The molecule has 1 aliphatic rings. The molecule has 1 aliphatic heterocycles. The maximum atomic E-state index is 4.41. The van der Waals surface area contributed by atoms with E-state index in [9.17, 15) is 0 Å². The van der Waals surface area contributed by atoms with Gasteiger partial charge in [0.1, 0.15) is 0 Å². The van der Waals surface area contributed by atoms with Gasteiger partial charge in [0.05, 0.1) is 0 Å². The molecule has 5 heteroatoms. The average Bonchev–Trinajstić information content (AvgIpc) is 2.85. The van der Waals surface area contributed by atoms with E-state index in [4.69, 9.17) is 0 Å². The Morgan fingerprint density at radius 3 is 3.16 bits per heavy atom. The van der Waals surface area contributed by atoms with Gasteiger partial charge in [0.15, 0.2) is 5.96 Å². The molecule has 2 heterocycles. The molecule has 0 amide bonds. The Morgan fingerprint density at radius 2 is 2.32 bits per heavy atom. The molecule has 3 N–H and O–H groups in total. The van der Waals surface area contributed by atoms with Gasteiger partial charge in [-0.3, -0.25) is 4.99 Å². The van der Waals surface area contributed by atoms with Crippen molar-refractivity contribution in [1.29, 1.82) is 0 Å². The fourth-order valence-corrected chi connectivity index (χ4v) is 2.99. The van der Waals surface area contributed by atoms with Crippen LogP contribution in [0.3, 0.4) is 0 Å². The van der Waals surface area contributed by atoms with Crippen LogP contribution in [0, 0.1) is 0 Å². The second kappa shape index (κ2) is 5.65. The Kier molecular flexibility index (Phi) is 3.73. The molecule has 0 saturated heterocycles. The van der Waals surface area contributed by atoms with E-state index in [2.05, 4.69) is 54.9 Å².